The molecule has 0 atom stereocenters. The molecule has 3 N–H and O–H groups in total. The van der Waals surface area contributed by atoms with Gasteiger partial charge in [-0.25, -0.2) is 0 Å². The molecule has 0 spiro atoms. The Balaban J connectivity index is 2.51. The number of hydrogen-bond acceptors (Lipinski definition) is 2. The quantitative estimate of drug-likeness (QED) is 0.755. The normalized spacial score (nSPS) is 10.4. The zero-order valence-electron chi connectivity index (χ0n) is 9.56. The zero-order valence-corrected chi connectivity index (χ0v) is 10.4. The van der Waals surface area contributed by atoms with E-state index in [4.69, 9.17) is 18.0 Å². The number of nitrogens with two attached hydrogens (primary N) is 1. The smallest absolute Gasteiger partial charge is 0.221 e. The van der Waals surface area contributed by atoms with E-state index in [0.717, 1.165) is 5.69 Å². The van der Waals surface area contributed by atoms with Gasteiger partial charge in [-0.05, 0) is 26.0 Å². The predicted octanol–water partition coefficient (Wildman–Crippen LogP) is 1.04. The van der Waals surface area contributed by atoms with Gasteiger partial charge in [-0.15, -0.1) is 0 Å². The Kier molecular flexibility index (Phi) is 4.49. The lowest BCUT2D eigenvalue weighted by atomic mass is 10.3. The van der Waals surface area contributed by atoms with Crippen molar-refractivity contribution in [2.45, 2.75) is 32.9 Å². The van der Waals surface area contributed by atoms with Gasteiger partial charge in [0.15, 0.2) is 0 Å². The minimum Gasteiger partial charge on any atom is -0.388 e. The summed E-state index contributed by atoms with van der Waals surface area (Å²) >= 11 is 4.91. The monoisotopic (exact) mass is 239 g/mol. The lowest BCUT2D eigenvalue weighted by molar-refractivity contribution is -0.121. The predicted molar refractivity (Wildman–Crippen MR) is 68.2 cm³/mol. The van der Waals surface area contributed by atoms with Crippen LogP contribution in [0.2, 0.25) is 0 Å². The van der Waals surface area contributed by atoms with Gasteiger partial charge in [0, 0.05) is 25.2 Å². The van der Waals surface area contributed by atoms with Gasteiger partial charge >= 0.3 is 0 Å². The number of carbonyl (C=O) groups excluding carboxylic acids is 1. The second-order valence-electron chi connectivity index (χ2n) is 3.92. The highest BCUT2D eigenvalue weighted by atomic mass is 32.1. The second kappa shape index (κ2) is 5.65. The molecule has 0 unspecified atom stereocenters. The number of aryl methyl sites for hydroxylation is 1. The lowest BCUT2D eigenvalue weighted by Gasteiger charge is -2.10. The largest absolute Gasteiger partial charge is 0.388 e. The van der Waals surface area contributed by atoms with Crippen LogP contribution in [0.3, 0.4) is 0 Å². The SMILES string of the molecule is CC(C)NC(=O)CCn1cccc1C(N)=S. The number of nitrogens with zero attached hydrogens (tertiary/aromatic N) is 1. The maximum Gasteiger partial charge on any atom is 0.221 e. The minimum absolute atomic E-state index is 0.0394. The molecule has 0 aliphatic carbocycles. The van der Waals surface area contributed by atoms with Gasteiger partial charge in [0.1, 0.15) is 4.99 Å². The molecule has 0 fully saturated rings. The molecule has 0 aliphatic heterocycles. The van der Waals surface area contributed by atoms with E-state index in [9.17, 15) is 4.79 Å². The van der Waals surface area contributed by atoms with Crippen molar-refractivity contribution >= 4 is 23.1 Å². The van der Waals surface area contributed by atoms with Gasteiger partial charge < -0.3 is 15.6 Å². The van der Waals surface area contributed by atoms with Crippen molar-refractivity contribution in [3.8, 4) is 0 Å². The molecule has 4 nitrogen and oxygen atoms in total. The molecule has 0 aliphatic rings. The van der Waals surface area contributed by atoms with Crippen molar-refractivity contribution in [2.24, 2.45) is 5.73 Å². The molecule has 1 aromatic rings. The molecular formula is C11H17N3OS. The van der Waals surface area contributed by atoms with Crippen LogP contribution < -0.4 is 11.1 Å². The number of rotatable bonds is 5. The molecule has 0 saturated heterocycles. The van der Waals surface area contributed by atoms with Gasteiger partial charge in [0.05, 0.1) is 5.69 Å². The second-order valence-corrected chi connectivity index (χ2v) is 4.36. The standard InChI is InChI=1S/C11H17N3OS/c1-8(2)13-10(15)5-7-14-6-3-4-9(14)11(12)16/h3-4,6,8H,5,7H2,1-2H3,(H2,12,16)(H,13,15). The van der Waals surface area contributed by atoms with Crippen LogP contribution in [-0.2, 0) is 11.3 Å². The fourth-order valence-electron chi connectivity index (χ4n) is 1.45. The highest BCUT2D eigenvalue weighted by Crippen LogP contribution is 2.03. The van der Waals surface area contributed by atoms with Crippen molar-refractivity contribution in [2.75, 3.05) is 0 Å². The minimum atomic E-state index is 0.0394. The molecule has 0 radical (unpaired) electrons. The first kappa shape index (κ1) is 12.7. The molecule has 16 heavy (non-hydrogen) atoms. The molecule has 1 aromatic heterocycles. The van der Waals surface area contributed by atoms with Crippen LogP contribution in [0.25, 0.3) is 0 Å². The third-order valence-corrected chi connectivity index (χ3v) is 2.32. The summed E-state index contributed by atoms with van der Waals surface area (Å²) < 4.78 is 1.89. The third kappa shape index (κ3) is 3.66. The van der Waals surface area contributed by atoms with Gasteiger partial charge in [-0.1, -0.05) is 12.2 Å². The van der Waals surface area contributed by atoms with Crippen LogP contribution in [0.5, 0.6) is 0 Å². The number of nitrogens with one attached hydrogen (secondary N) is 1. The number of thiocarbonyl (C=S) groups is 1. The van der Waals surface area contributed by atoms with Crippen LogP contribution in [0.15, 0.2) is 18.3 Å². The van der Waals surface area contributed by atoms with Crippen LogP contribution in [-0.4, -0.2) is 21.5 Å². The van der Waals surface area contributed by atoms with E-state index in [2.05, 4.69) is 5.32 Å². The molecule has 1 rings (SSSR count). The molecule has 5 heteroatoms. The summed E-state index contributed by atoms with van der Waals surface area (Å²) in [5.74, 6) is 0.0394. The number of hydrogen-bond donors (Lipinski definition) is 2. The van der Waals surface area contributed by atoms with E-state index in [1.165, 1.54) is 0 Å². The topological polar surface area (TPSA) is 60.0 Å². The zero-order chi connectivity index (χ0) is 12.1. The number of carbonyl (C=O) groups is 1. The summed E-state index contributed by atoms with van der Waals surface area (Å²) in [5.41, 5.74) is 6.35. The average molecular weight is 239 g/mol. The third-order valence-electron chi connectivity index (χ3n) is 2.11. The van der Waals surface area contributed by atoms with Crippen LogP contribution in [0, 0.1) is 0 Å². The van der Waals surface area contributed by atoms with E-state index in [1.54, 1.807) is 0 Å². The molecule has 1 heterocycles. The van der Waals surface area contributed by atoms with Crippen molar-refractivity contribution in [1.29, 1.82) is 0 Å². The summed E-state index contributed by atoms with van der Waals surface area (Å²) in [6.45, 7) is 4.47. The van der Waals surface area contributed by atoms with Gasteiger partial charge in [0.2, 0.25) is 5.91 Å². The summed E-state index contributed by atoms with van der Waals surface area (Å²) in [6, 6.07) is 3.89. The number of aromatic nitrogens is 1. The Morgan fingerprint density at radius 1 is 1.62 bits per heavy atom. The Morgan fingerprint density at radius 3 is 2.88 bits per heavy atom. The van der Waals surface area contributed by atoms with Gasteiger partial charge in [-0.2, -0.15) is 0 Å². The van der Waals surface area contributed by atoms with E-state index >= 15 is 0 Å². The Bertz CT molecular complexity index is 384. The fraction of sp³-hybridized carbons (Fsp3) is 0.455. The maximum absolute atomic E-state index is 11.4. The Labute approximate surface area is 101 Å². The highest BCUT2D eigenvalue weighted by Gasteiger charge is 2.06. The van der Waals surface area contributed by atoms with Gasteiger partial charge in [-0.3, -0.25) is 4.79 Å². The molecule has 1 amide bonds. The molecule has 0 bridgehead atoms. The summed E-state index contributed by atoms with van der Waals surface area (Å²) in [7, 11) is 0. The summed E-state index contributed by atoms with van der Waals surface area (Å²) in [4.78, 5) is 11.8. The van der Waals surface area contributed by atoms with Crippen molar-refractivity contribution in [3.05, 3.63) is 24.0 Å². The Hall–Kier alpha value is -1.36. The molecule has 0 aromatic carbocycles. The van der Waals surface area contributed by atoms with Crippen LogP contribution >= 0.6 is 12.2 Å². The van der Waals surface area contributed by atoms with Crippen LogP contribution in [0.1, 0.15) is 26.0 Å². The molecule has 88 valence electrons. The van der Waals surface area contributed by atoms with Crippen molar-refractivity contribution in [3.63, 3.8) is 0 Å². The van der Waals surface area contributed by atoms with Crippen LogP contribution in [0.4, 0.5) is 0 Å². The first-order valence-corrected chi connectivity index (χ1v) is 5.66. The van der Waals surface area contributed by atoms with Crippen molar-refractivity contribution in [1.82, 2.24) is 9.88 Å². The Morgan fingerprint density at radius 2 is 2.31 bits per heavy atom. The summed E-state index contributed by atoms with van der Waals surface area (Å²) in [5, 5.41) is 2.84. The van der Waals surface area contributed by atoms with E-state index < -0.39 is 0 Å². The van der Waals surface area contributed by atoms with E-state index in [1.807, 2.05) is 36.7 Å². The van der Waals surface area contributed by atoms with Crippen molar-refractivity contribution < 1.29 is 4.79 Å². The lowest BCUT2D eigenvalue weighted by Crippen LogP contribution is -2.31. The van der Waals surface area contributed by atoms with E-state index in [0.29, 0.717) is 18.0 Å². The first-order chi connectivity index (χ1) is 7.50. The summed E-state index contributed by atoms with van der Waals surface area (Å²) in [6.07, 6.45) is 2.31. The molecular weight excluding hydrogens is 222 g/mol. The average Bonchev–Trinajstić information content (AvgIpc) is 2.61. The van der Waals surface area contributed by atoms with E-state index in [-0.39, 0.29) is 11.9 Å². The maximum atomic E-state index is 11.4. The fourth-order valence-corrected chi connectivity index (χ4v) is 1.63. The molecule has 0 saturated carbocycles. The number of amides is 1. The van der Waals surface area contributed by atoms with Gasteiger partial charge in [0.25, 0.3) is 0 Å². The first-order valence-electron chi connectivity index (χ1n) is 5.25. The highest BCUT2D eigenvalue weighted by molar-refractivity contribution is 7.80.